The van der Waals surface area contributed by atoms with Crippen LogP contribution in [0.5, 0.6) is 0 Å². The minimum Gasteiger partial charge on any atom is -0.278 e. The third-order valence-electron chi connectivity index (χ3n) is 4.44. The lowest BCUT2D eigenvalue weighted by atomic mass is 10.1. The number of pyridine rings is 1. The molecule has 0 aliphatic rings. The van der Waals surface area contributed by atoms with Crippen molar-refractivity contribution in [3.8, 4) is 0 Å². The van der Waals surface area contributed by atoms with Crippen LogP contribution in [0, 0.1) is 13.8 Å². The Hall–Kier alpha value is -2.57. The first-order valence-corrected chi connectivity index (χ1v) is 10.5. The highest BCUT2D eigenvalue weighted by atomic mass is 79.9. The molecule has 0 radical (unpaired) electrons. The zero-order chi connectivity index (χ0) is 19.7. The fourth-order valence-corrected chi connectivity index (χ4v) is 4.61. The van der Waals surface area contributed by atoms with Crippen LogP contribution in [0.2, 0.25) is 0 Å². The summed E-state index contributed by atoms with van der Waals surface area (Å²) in [5.41, 5.74) is 4.67. The van der Waals surface area contributed by atoms with Gasteiger partial charge in [-0.3, -0.25) is 14.7 Å². The molecule has 0 saturated carbocycles. The van der Waals surface area contributed by atoms with Crippen molar-refractivity contribution in [2.75, 3.05) is 4.90 Å². The van der Waals surface area contributed by atoms with Gasteiger partial charge in [-0.05, 0) is 71.2 Å². The maximum Gasteiger partial charge on any atom is 0.261 e. The monoisotopic (exact) mass is 451 g/mol. The van der Waals surface area contributed by atoms with Gasteiger partial charge in [0, 0.05) is 10.7 Å². The standard InChI is InChI=1S/C22H18BrN3OS/c1-14-11-15(2)20-19(12-14)25-22(28-20)26(13-16-7-5-6-10-24-16)21(27)17-8-3-4-9-18(17)23/h3-12H,13H2,1-2H3. The number of hydrogen-bond donors (Lipinski definition) is 0. The molecule has 0 aliphatic heterocycles. The number of fused-ring (bicyclic) bond motifs is 1. The molecule has 140 valence electrons. The van der Waals surface area contributed by atoms with Gasteiger partial charge in [0.15, 0.2) is 5.13 Å². The number of amides is 1. The second-order valence-corrected chi connectivity index (χ2v) is 8.45. The molecule has 0 unspecified atom stereocenters. The van der Waals surface area contributed by atoms with E-state index in [1.165, 1.54) is 16.9 Å². The zero-order valence-electron chi connectivity index (χ0n) is 15.5. The minimum atomic E-state index is -0.105. The first-order valence-electron chi connectivity index (χ1n) is 8.87. The third kappa shape index (κ3) is 3.70. The van der Waals surface area contributed by atoms with Gasteiger partial charge >= 0.3 is 0 Å². The lowest BCUT2D eigenvalue weighted by Gasteiger charge is -2.20. The van der Waals surface area contributed by atoms with E-state index in [1.807, 2.05) is 42.5 Å². The number of carbonyl (C=O) groups excluding carboxylic acids is 1. The number of anilines is 1. The molecule has 0 fully saturated rings. The van der Waals surface area contributed by atoms with Crippen molar-refractivity contribution in [3.05, 3.63) is 87.7 Å². The lowest BCUT2D eigenvalue weighted by Crippen LogP contribution is -2.31. The Labute approximate surface area is 176 Å². The summed E-state index contributed by atoms with van der Waals surface area (Å²) in [5.74, 6) is -0.105. The van der Waals surface area contributed by atoms with Gasteiger partial charge in [0.05, 0.1) is 28.0 Å². The zero-order valence-corrected chi connectivity index (χ0v) is 17.9. The summed E-state index contributed by atoms with van der Waals surface area (Å²) in [6, 6.07) is 17.4. The van der Waals surface area contributed by atoms with Crippen LogP contribution in [-0.2, 0) is 6.54 Å². The molecule has 6 heteroatoms. The largest absolute Gasteiger partial charge is 0.278 e. The molecule has 2 aromatic heterocycles. The molecule has 2 aromatic carbocycles. The van der Waals surface area contributed by atoms with Gasteiger partial charge in [0.1, 0.15) is 0 Å². The van der Waals surface area contributed by atoms with E-state index in [-0.39, 0.29) is 5.91 Å². The quantitative estimate of drug-likeness (QED) is 0.386. The van der Waals surface area contributed by atoms with E-state index < -0.39 is 0 Å². The molecule has 0 saturated heterocycles. The summed E-state index contributed by atoms with van der Waals surface area (Å²) < 4.78 is 1.87. The summed E-state index contributed by atoms with van der Waals surface area (Å²) in [7, 11) is 0. The molecule has 0 spiro atoms. The molecule has 4 rings (SSSR count). The molecule has 0 N–H and O–H groups in total. The van der Waals surface area contributed by atoms with Crippen LogP contribution in [0.4, 0.5) is 5.13 Å². The van der Waals surface area contributed by atoms with Crippen molar-refractivity contribution >= 4 is 48.5 Å². The molecular weight excluding hydrogens is 434 g/mol. The Morgan fingerprint density at radius 1 is 1.11 bits per heavy atom. The molecule has 0 atom stereocenters. The lowest BCUT2D eigenvalue weighted by molar-refractivity contribution is 0.0984. The van der Waals surface area contributed by atoms with Crippen molar-refractivity contribution in [3.63, 3.8) is 0 Å². The molecule has 4 nitrogen and oxygen atoms in total. The van der Waals surface area contributed by atoms with Gasteiger partial charge < -0.3 is 0 Å². The Balaban J connectivity index is 1.82. The number of nitrogens with zero attached hydrogens (tertiary/aromatic N) is 3. The topological polar surface area (TPSA) is 46.1 Å². The summed E-state index contributed by atoms with van der Waals surface area (Å²) in [6.07, 6.45) is 1.74. The van der Waals surface area contributed by atoms with Crippen LogP contribution >= 0.6 is 27.3 Å². The van der Waals surface area contributed by atoms with E-state index >= 15 is 0 Å². The number of aryl methyl sites for hydroxylation is 2. The maximum atomic E-state index is 13.4. The van der Waals surface area contributed by atoms with Crippen LogP contribution in [0.3, 0.4) is 0 Å². The summed E-state index contributed by atoms with van der Waals surface area (Å²) in [5, 5.41) is 0.676. The second kappa shape index (κ2) is 7.81. The molecule has 4 aromatic rings. The number of thiazole rings is 1. The third-order valence-corrected chi connectivity index (χ3v) is 6.36. The second-order valence-electron chi connectivity index (χ2n) is 6.62. The van der Waals surface area contributed by atoms with Gasteiger partial charge in [-0.2, -0.15) is 0 Å². The summed E-state index contributed by atoms with van der Waals surface area (Å²) in [6.45, 7) is 4.50. The predicted molar refractivity (Wildman–Crippen MR) is 118 cm³/mol. The number of aromatic nitrogens is 2. The summed E-state index contributed by atoms with van der Waals surface area (Å²) >= 11 is 5.04. The minimum absolute atomic E-state index is 0.105. The number of rotatable bonds is 4. The van der Waals surface area contributed by atoms with E-state index in [0.29, 0.717) is 17.2 Å². The van der Waals surface area contributed by atoms with E-state index in [0.717, 1.165) is 25.9 Å². The maximum absolute atomic E-state index is 13.4. The van der Waals surface area contributed by atoms with Crippen LogP contribution in [-0.4, -0.2) is 15.9 Å². The van der Waals surface area contributed by atoms with Gasteiger partial charge in [-0.1, -0.05) is 35.6 Å². The number of halogens is 1. The van der Waals surface area contributed by atoms with Crippen molar-refractivity contribution in [1.29, 1.82) is 0 Å². The molecule has 0 bridgehead atoms. The molecule has 1 amide bonds. The van der Waals surface area contributed by atoms with Gasteiger partial charge in [0.2, 0.25) is 0 Å². The smallest absolute Gasteiger partial charge is 0.261 e. The van der Waals surface area contributed by atoms with Crippen LogP contribution < -0.4 is 4.90 Å². The van der Waals surface area contributed by atoms with Crippen LogP contribution in [0.25, 0.3) is 10.2 Å². The number of hydrogen-bond acceptors (Lipinski definition) is 4. The Bertz CT molecular complexity index is 1160. The summed E-state index contributed by atoms with van der Waals surface area (Å²) in [4.78, 5) is 24.3. The predicted octanol–water partition coefficient (Wildman–Crippen LogP) is 5.92. The molecule has 28 heavy (non-hydrogen) atoms. The number of carbonyl (C=O) groups is 1. The average Bonchev–Trinajstić information content (AvgIpc) is 3.11. The Morgan fingerprint density at radius 3 is 2.64 bits per heavy atom. The fraction of sp³-hybridized carbons (Fsp3) is 0.136. The molecule has 0 aliphatic carbocycles. The fourth-order valence-electron chi connectivity index (χ4n) is 3.14. The van der Waals surface area contributed by atoms with E-state index in [2.05, 4.69) is 46.9 Å². The van der Waals surface area contributed by atoms with Crippen LogP contribution in [0.15, 0.2) is 65.3 Å². The first kappa shape index (κ1) is 18.8. The van der Waals surface area contributed by atoms with Crippen molar-refractivity contribution in [2.45, 2.75) is 20.4 Å². The average molecular weight is 452 g/mol. The normalized spacial score (nSPS) is 11.0. The molecule has 2 heterocycles. The highest BCUT2D eigenvalue weighted by Gasteiger charge is 2.24. The van der Waals surface area contributed by atoms with Gasteiger partial charge in [-0.15, -0.1) is 0 Å². The van der Waals surface area contributed by atoms with E-state index in [1.54, 1.807) is 11.1 Å². The SMILES string of the molecule is Cc1cc(C)c2sc(N(Cc3ccccn3)C(=O)c3ccccc3Br)nc2c1. The first-order chi connectivity index (χ1) is 13.5. The Kier molecular flexibility index (Phi) is 5.24. The Morgan fingerprint density at radius 2 is 1.89 bits per heavy atom. The van der Waals surface area contributed by atoms with Crippen molar-refractivity contribution in [1.82, 2.24) is 9.97 Å². The van der Waals surface area contributed by atoms with Gasteiger partial charge in [-0.25, -0.2) is 4.98 Å². The number of benzene rings is 2. The van der Waals surface area contributed by atoms with Crippen molar-refractivity contribution < 1.29 is 4.79 Å². The van der Waals surface area contributed by atoms with Gasteiger partial charge in [0.25, 0.3) is 5.91 Å². The highest BCUT2D eigenvalue weighted by molar-refractivity contribution is 9.10. The van der Waals surface area contributed by atoms with Crippen molar-refractivity contribution in [2.24, 2.45) is 0 Å². The van der Waals surface area contributed by atoms with E-state index in [4.69, 9.17) is 4.98 Å². The molecular formula is C22H18BrN3OS. The highest BCUT2D eigenvalue weighted by Crippen LogP contribution is 2.34. The van der Waals surface area contributed by atoms with Crippen LogP contribution in [0.1, 0.15) is 27.2 Å². The van der Waals surface area contributed by atoms with E-state index in [9.17, 15) is 4.79 Å².